The molecule has 0 aliphatic heterocycles. The fourth-order valence-electron chi connectivity index (χ4n) is 6.56. The fraction of sp³-hybridized carbons (Fsp3) is 0.659. The van der Waals surface area contributed by atoms with Gasteiger partial charge in [0.2, 0.25) is 29.5 Å². The van der Waals surface area contributed by atoms with Crippen LogP contribution in [0, 0.1) is 0 Å². The van der Waals surface area contributed by atoms with Gasteiger partial charge in [-0.15, -0.1) is 0 Å². The molecule has 0 saturated carbocycles. The first-order valence-electron chi connectivity index (χ1n) is 20.4. The molecule has 55 heavy (non-hydrogen) atoms. The van der Waals surface area contributed by atoms with Gasteiger partial charge in [-0.05, 0) is 57.2 Å². The zero-order valence-electron chi connectivity index (χ0n) is 33.1. The molecule has 2 aromatic rings. The van der Waals surface area contributed by atoms with Gasteiger partial charge in [0.05, 0.1) is 0 Å². The van der Waals surface area contributed by atoms with Crippen molar-refractivity contribution in [2.24, 2.45) is 11.5 Å². The Morgan fingerprint density at radius 1 is 0.673 bits per heavy atom. The van der Waals surface area contributed by atoms with Gasteiger partial charge in [-0.3, -0.25) is 28.8 Å². The van der Waals surface area contributed by atoms with Crippen LogP contribution in [0.1, 0.15) is 141 Å². The molecule has 0 fully saturated rings. The van der Waals surface area contributed by atoms with Crippen LogP contribution in [-0.2, 0) is 35.2 Å². The standard InChI is InChI=1S/C41H67N7O7/c1-3-4-5-6-7-8-9-10-11-12-13-14-15-23-36(49)46-34(24-25-37(50)51)40(54)48-35(27-30-28-44-32-21-17-16-20-31(30)32)41(55)45-29(2)39(53)47-33(38(43)52)22-18-19-26-42/h16-17,20-21,28-29,33-35,44H,3-15,18-19,22-27,42H2,1-2H3,(H2,43,52)(H,45,55)(H,46,49)(H,47,53)(H,48,54)(H,50,51)/t29-,33-,34-,35-/m0/s1. The number of carboxylic acid groups (broad SMARTS) is 1. The summed E-state index contributed by atoms with van der Waals surface area (Å²) in [5.41, 5.74) is 12.6. The van der Waals surface area contributed by atoms with E-state index in [4.69, 9.17) is 11.5 Å². The Hall–Kier alpha value is -4.46. The number of carbonyl (C=O) groups excluding carboxylic acids is 5. The van der Waals surface area contributed by atoms with Crippen LogP contribution in [0.2, 0.25) is 0 Å². The summed E-state index contributed by atoms with van der Waals surface area (Å²) in [6.07, 6.45) is 18.1. The van der Waals surface area contributed by atoms with Crippen LogP contribution in [0.25, 0.3) is 10.9 Å². The summed E-state index contributed by atoms with van der Waals surface area (Å²) < 4.78 is 0. The molecule has 0 aliphatic carbocycles. The van der Waals surface area contributed by atoms with E-state index in [-0.39, 0.29) is 31.6 Å². The lowest BCUT2D eigenvalue weighted by Gasteiger charge is -2.25. The van der Waals surface area contributed by atoms with Crippen LogP contribution in [-0.4, -0.2) is 76.3 Å². The SMILES string of the molecule is CCCCCCCCCCCCCCCC(=O)N[C@@H](CCC(=O)O)C(=O)N[C@@H](Cc1c[nH]c2ccccc12)C(=O)N[C@@H](C)C(=O)N[C@@H](CCCCN)C(N)=O. The minimum absolute atomic E-state index is 0.0253. The van der Waals surface area contributed by atoms with Crippen molar-refractivity contribution in [3.05, 3.63) is 36.0 Å². The van der Waals surface area contributed by atoms with Gasteiger partial charge in [-0.25, -0.2) is 0 Å². The second-order valence-corrected chi connectivity index (χ2v) is 14.6. The summed E-state index contributed by atoms with van der Waals surface area (Å²) in [5, 5.41) is 20.8. The van der Waals surface area contributed by atoms with Crippen molar-refractivity contribution in [3.63, 3.8) is 0 Å². The molecule has 2 rings (SSSR count). The number of nitrogens with two attached hydrogens (primary N) is 2. The van der Waals surface area contributed by atoms with Gasteiger partial charge >= 0.3 is 5.97 Å². The molecule has 0 saturated heterocycles. The van der Waals surface area contributed by atoms with E-state index in [1.165, 1.54) is 64.7 Å². The summed E-state index contributed by atoms with van der Waals surface area (Å²) in [7, 11) is 0. The van der Waals surface area contributed by atoms with E-state index in [2.05, 4.69) is 33.2 Å². The van der Waals surface area contributed by atoms with E-state index < -0.39 is 53.8 Å². The third-order valence-corrected chi connectivity index (χ3v) is 9.90. The number of carbonyl (C=O) groups is 6. The van der Waals surface area contributed by atoms with Gasteiger partial charge < -0.3 is 42.8 Å². The largest absolute Gasteiger partial charge is 0.481 e. The maximum atomic E-state index is 13.7. The number of hydrogen-bond donors (Lipinski definition) is 8. The van der Waals surface area contributed by atoms with E-state index in [9.17, 15) is 33.9 Å². The lowest BCUT2D eigenvalue weighted by atomic mass is 10.0. The molecule has 0 aliphatic rings. The fourth-order valence-corrected chi connectivity index (χ4v) is 6.56. The van der Waals surface area contributed by atoms with Gasteiger partial charge in [-0.1, -0.05) is 102 Å². The molecular weight excluding hydrogens is 702 g/mol. The average Bonchev–Trinajstić information content (AvgIpc) is 3.56. The van der Waals surface area contributed by atoms with Gasteiger partial charge in [0.25, 0.3) is 0 Å². The monoisotopic (exact) mass is 770 g/mol. The molecule has 14 nitrogen and oxygen atoms in total. The summed E-state index contributed by atoms with van der Waals surface area (Å²) in [6, 6.07) is 2.99. The van der Waals surface area contributed by atoms with Crippen LogP contribution >= 0.6 is 0 Å². The van der Waals surface area contributed by atoms with Crippen LogP contribution in [0.5, 0.6) is 0 Å². The number of aliphatic carboxylic acids is 1. The molecular formula is C41H67N7O7. The Kier molecular flexibility index (Phi) is 23.1. The number of primary amides is 1. The maximum Gasteiger partial charge on any atom is 0.303 e. The summed E-state index contributed by atoms with van der Waals surface area (Å²) in [4.78, 5) is 80.0. The zero-order valence-corrected chi connectivity index (χ0v) is 33.1. The Morgan fingerprint density at radius 2 is 1.25 bits per heavy atom. The number of hydrogen-bond acceptors (Lipinski definition) is 7. The van der Waals surface area contributed by atoms with Gasteiger partial charge in [0, 0.05) is 36.4 Å². The predicted molar refractivity (Wildman–Crippen MR) is 215 cm³/mol. The van der Waals surface area contributed by atoms with E-state index >= 15 is 0 Å². The highest BCUT2D eigenvalue weighted by atomic mass is 16.4. The van der Waals surface area contributed by atoms with Crippen LogP contribution in [0.15, 0.2) is 30.5 Å². The van der Waals surface area contributed by atoms with Gasteiger partial charge in [0.1, 0.15) is 24.2 Å². The van der Waals surface area contributed by atoms with Crippen molar-refractivity contribution in [2.75, 3.05) is 6.54 Å². The first-order chi connectivity index (χ1) is 26.5. The summed E-state index contributed by atoms with van der Waals surface area (Å²) >= 11 is 0. The number of rotatable bonds is 31. The molecule has 10 N–H and O–H groups in total. The number of fused-ring (bicyclic) bond motifs is 1. The number of H-pyrrole nitrogens is 1. The van der Waals surface area contributed by atoms with Crippen molar-refractivity contribution in [1.82, 2.24) is 26.3 Å². The number of aromatic amines is 1. The molecule has 1 aromatic carbocycles. The molecule has 0 bridgehead atoms. The summed E-state index contributed by atoms with van der Waals surface area (Å²) in [5.74, 6) is -4.25. The van der Waals surface area contributed by atoms with Crippen LogP contribution < -0.4 is 32.7 Å². The van der Waals surface area contributed by atoms with E-state index in [0.717, 1.165) is 35.7 Å². The van der Waals surface area contributed by atoms with Crippen molar-refractivity contribution in [2.45, 2.75) is 166 Å². The molecule has 0 unspecified atom stereocenters. The molecule has 1 heterocycles. The van der Waals surface area contributed by atoms with Crippen molar-refractivity contribution < 1.29 is 33.9 Å². The van der Waals surface area contributed by atoms with Crippen LogP contribution in [0.4, 0.5) is 0 Å². The van der Waals surface area contributed by atoms with E-state index in [1.807, 2.05) is 24.3 Å². The second-order valence-electron chi connectivity index (χ2n) is 14.6. The highest BCUT2D eigenvalue weighted by Crippen LogP contribution is 2.20. The molecule has 14 heteroatoms. The smallest absolute Gasteiger partial charge is 0.303 e. The van der Waals surface area contributed by atoms with E-state index in [0.29, 0.717) is 32.2 Å². The molecule has 0 radical (unpaired) electrons. The Labute approximate surface area is 326 Å². The van der Waals surface area contributed by atoms with Crippen molar-refractivity contribution in [3.8, 4) is 0 Å². The predicted octanol–water partition coefficient (Wildman–Crippen LogP) is 4.63. The molecule has 1 aromatic heterocycles. The second kappa shape index (κ2) is 27.2. The normalized spacial score (nSPS) is 13.4. The topological polar surface area (TPSA) is 239 Å². The molecule has 308 valence electrons. The minimum atomic E-state index is -1.20. The molecule has 0 spiro atoms. The minimum Gasteiger partial charge on any atom is -0.481 e. The number of benzene rings is 1. The number of unbranched alkanes of at least 4 members (excludes halogenated alkanes) is 13. The highest BCUT2D eigenvalue weighted by Gasteiger charge is 2.30. The zero-order chi connectivity index (χ0) is 40.4. The van der Waals surface area contributed by atoms with E-state index in [1.54, 1.807) is 6.20 Å². The number of amides is 5. The number of para-hydroxylation sites is 1. The quantitative estimate of drug-likeness (QED) is 0.0502. The highest BCUT2D eigenvalue weighted by molar-refractivity contribution is 5.96. The third-order valence-electron chi connectivity index (χ3n) is 9.90. The average molecular weight is 770 g/mol. The maximum absolute atomic E-state index is 13.7. The van der Waals surface area contributed by atoms with Gasteiger partial charge in [0.15, 0.2) is 0 Å². The number of aromatic nitrogens is 1. The van der Waals surface area contributed by atoms with Crippen molar-refractivity contribution >= 4 is 46.4 Å². The lowest BCUT2D eigenvalue weighted by molar-refractivity contribution is -0.138. The van der Waals surface area contributed by atoms with Gasteiger partial charge in [-0.2, -0.15) is 0 Å². The first-order valence-corrected chi connectivity index (χ1v) is 20.4. The summed E-state index contributed by atoms with van der Waals surface area (Å²) in [6.45, 7) is 4.10. The molecule has 5 amide bonds. The molecule has 4 atom stereocenters. The Morgan fingerprint density at radius 3 is 1.85 bits per heavy atom. The third kappa shape index (κ3) is 19.1. The first kappa shape index (κ1) is 46.7. The number of nitrogens with one attached hydrogen (secondary N) is 5. The van der Waals surface area contributed by atoms with Crippen LogP contribution in [0.3, 0.4) is 0 Å². The Balaban J connectivity index is 2.02. The van der Waals surface area contributed by atoms with Crippen molar-refractivity contribution in [1.29, 1.82) is 0 Å². The lowest BCUT2D eigenvalue weighted by Crippen LogP contribution is -2.58. The Bertz CT molecular complexity index is 1480. The number of carboxylic acids is 1.